The number of phenolic OH excluding ortho intramolecular Hbond substituents is 1. The van der Waals surface area contributed by atoms with Gasteiger partial charge in [-0.2, -0.15) is 0 Å². The van der Waals surface area contributed by atoms with E-state index in [1.165, 1.54) is 23.1 Å². The number of pyridine rings is 1. The lowest BCUT2D eigenvalue weighted by atomic mass is 9.55. The molecule has 6 atom stereocenters. The van der Waals surface area contributed by atoms with E-state index < -0.39 is 0 Å². The molecule has 1 heterocycles. The highest BCUT2D eigenvalue weighted by Gasteiger charge is 2.57. The summed E-state index contributed by atoms with van der Waals surface area (Å²) >= 11 is 0. The number of fused-ring (bicyclic) bond motifs is 5. The van der Waals surface area contributed by atoms with Crippen molar-refractivity contribution in [3.8, 4) is 5.75 Å². The third-order valence-corrected chi connectivity index (χ3v) is 8.05. The molecule has 2 saturated carbocycles. The molecular formula is C24H29NO2. The predicted octanol–water partition coefficient (Wildman–Crippen LogP) is 4.47. The maximum Gasteiger partial charge on any atom is 0.115 e. The first-order valence-electron chi connectivity index (χ1n) is 10.4. The van der Waals surface area contributed by atoms with Crippen LogP contribution in [0, 0.1) is 23.2 Å². The van der Waals surface area contributed by atoms with Gasteiger partial charge in [-0.1, -0.05) is 19.1 Å². The van der Waals surface area contributed by atoms with Crippen LogP contribution in [-0.4, -0.2) is 21.3 Å². The molecule has 3 heteroatoms. The van der Waals surface area contributed by atoms with Gasteiger partial charge in [-0.15, -0.1) is 0 Å². The predicted molar refractivity (Wildman–Crippen MR) is 106 cm³/mol. The minimum absolute atomic E-state index is 0.0441. The van der Waals surface area contributed by atoms with E-state index in [-0.39, 0.29) is 11.5 Å². The Kier molecular flexibility index (Phi) is 4.05. The Labute approximate surface area is 161 Å². The number of aromatic nitrogens is 1. The molecule has 27 heavy (non-hydrogen) atoms. The van der Waals surface area contributed by atoms with Gasteiger partial charge >= 0.3 is 0 Å². The zero-order valence-electron chi connectivity index (χ0n) is 16.0. The third kappa shape index (κ3) is 2.70. The largest absolute Gasteiger partial charge is 0.508 e. The molecule has 6 unspecified atom stereocenters. The average Bonchev–Trinajstić information content (AvgIpc) is 2.93. The summed E-state index contributed by atoms with van der Waals surface area (Å²) in [6, 6.07) is 10.1. The van der Waals surface area contributed by atoms with Crippen molar-refractivity contribution in [1.82, 2.24) is 4.98 Å². The van der Waals surface area contributed by atoms with Crippen molar-refractivity contribution in [2.24, 2.45) is 23.2 Å². The Hall–Kier alpha value is -1.87. The Bertz CT molecular complexity index is 836. The zero-order valence-corrected chi connectivity index (χ0v) is 16.0. The molecule has 1 aromatic carbocycles. The van der Waals surface area contributed by atoms with Gasteiger partial charge in [0.15, 0.2) is 0 Å². The average molecular weight is 364 g/mol. The van der Waals surface area contributed by atoms with E-state index in [4.69, 9.17) is 0 Å². The number of aliphatic hydroxyl groups is 1. The van der Waals surface area contributed by atoms with Crippen molar-refractivity contribution in [1.29, 1.82) is 0 Å². The fourth-order valence-corrected chi connectivity index (χ4v) is 6.74. The molecule has 0 amide bonds. The van der Waals surface area contributed by atoms with Crippen LogP contribution in [0.4, 0.5) is 0 Å². The summed E-state index contributed by atoms with van der Waals surface area (Å²) in [7, 11) is 0. The summed E-state index contributed by atoms with van der Waals surface area (Å²) < 4.78 is 0. The molecule has 3 nitrogen and oxygen atoms in total. The Morgan fingerprint density at radius 3 is 2.93 bits per heavy atom. The molecule has 5 rings (SSSR count). The Balaban J connectivity index is 1.42. The van der Waals surface area contributed by atoms with Gasteiger partial charge in [0, 0.05) is 12.4 Å². The van der Waals surface area contributed by atoms with Crippen molar-refractivity contribution in [3.05, 3.63) is 59.4 Å². The van der Waals surface area contributed by atoms with Gasteiger partial charge < -0.3 is 10.2 Å². The maximum atomic E-state index is 11.3. The van der Waals surface area contributed by atoms with E-state index in [1.807, 2.05) is 30.6 Å². The normalized spacial score (nSPS) is 37.3. The second-order valence-corrected chi connectivity index (χ2v) is 9.35. The van der Waals surface area contributed by atoms with Gasteiger partial charge in [0.2, 0.25) is 0 Å². The van der Waals surface area contributed by atoms with E-state index in [1.54, 1.807) is 0 Å². The molecule has 3 aliphatic carbocycles. The first-order chi connectivity index (χ1) is 13.1. The van der Waals surface area contributed by atoms with Crippen molar-refractivity contribution in [2.45, 2.75) is 57.5 Å². The quantitative estimate of drug-likeness (QED) is 0.827. The van der Waals surface area contributed by atoms with Crippen molar-refractivity contribution < 1.29 is 10.2 Å². The van der Waals surface area contributed by atoms with Crippen molar-refractivity contribution in [2.75, 3.05) is 0 Å². The lowest BCUT2D eigenvalue weighted by Gasteiger charge is -2.50. The summed E-state index contributed by atoms with van der Waals surface area (Å²) in [6.07, 6.45) is 10.1. The summed E-state index contributed by atoms with van der Waals surface area (Å²) in [5.74, 6) is 2.57. The number of rotatable bonds is 2. The third-order valence-electron chi connectivity index (χ3n) is 8.05. The highest BCUT2D eigenvalue weighted by atomic mass is 16.3. The zero-order chi connectivity index (χ0) is 18.6. The summed E-state index contributed by atoms with van der Waals surface area (Å²) in [5.41, 5.74) is 4.08. The second kappa shape index (κ2) is 6.34. The topological polar surface area (TPSA) is 53.4 Å². The molecule has 2 N–H and O–H groups in total. The maximum absolute atomic E-state index is 11.3. The van der Waals surface area contributed by atoms with Crippen LogP contribution in [0.3, 0.4) is 0 Å². The van der Waals surface area contributed by atoms with Crippen LogP contribution in [0.1, 0.15) is 55.2 Å². The van der Waals surface area contributed by atoms with E-state index in [9.17, 15) is 10.2 Å². The van der Waals surface area contributed by atoms with Crippen LogP contribution >= 0.6 is 0 Å². The van der Waals surface area contributed by atoms with Crippen LogP contribution < -0.4 is 0 Å². The van der Waals surface area contributed by atoms with Crippen LogP contribution in [0.15, 0.2) is 42.7 Å². The van der Waals surface area contributed by atoms with Crippen LogP contribution in [-0.2, 0) is 12.8 Å². The molecule has 2 fully saturated rings. The molecule has 2 aromatic rings. The highest BCUT2D eigenvalue weighted by Crippen LogP contribution is 2.62. The lowest BCUT2D eigenvalue weighted by Crippen LogP contribution is -2.44. The second-order valence-electron chi connectivity index (χ2n) is 9.35. The molecule has 0 radical (unpaired) electrons. The molecule has 142 valence electrons. The lowest BCUT2D eigenvalue weighted by molar-refractivity contribution is -0.0325. The Morgan fingerprint density at radius 2 is 2.11 bits per heavy atom. The first kappa shape index (κ1) is 17.2. The number of nitrogens with zero attached hydrogens (tertiary/aromatic N) is 1. The minimum atomic E-state index is -0.218. The number of hydrogen-bond donors (Lipinski definition) is 2. The summed E-state index contributed by atoms with van der Waals surface area (Å²) in [4.78, 5) is 4.26. The number of aryl methyl sites for hydroxylation is 1. The Morgan fingerprint density at radius 1 is 1.22 bits per heavy atom. The molecule has 0 aliphatic heterocycles. The molecule has 0 spiro atoms. The first-order valence-corrected chi connectivity index (χ1v) is 10.4. The number of phenols is 1. The van der Waals surface area contributed by atoms with Crippen LogP contribution in [0.5, 0.6) is 5.75 Å². The molecule has 1 aromatic heterocycles. The molecule has 0 saturated heterocycles. The van der Waals surface area contributed by atoms with Gasteiger partial charge in [-0.05, 0) is 103 Å². The van der Waals surface area contributed by atoms with Crippen molar-refractivity contribution in [3.63, 3.8) is 0 Å². The van der Waals surface area contributed by atoms with E-state index in [2.05, 4.69) is 24.0 Å². The standard InChI is InChI=1S/C24H29NO2/c1-24-9-8-20-19-7-5-18(26)12-16(19)4-6-21(20)22(24)13-17(23(24)27)11-15-3-2-10-25-14-15/h2-3,5,7,10,12,14,17,20-23,26-27H,4,6,8-9,11,13H2,1H3. The number of aliphatic hydroxyl groups excluding tert-OH is 1. The minimum Gasteiger partial charge on any atom is -0.508 e. The monoisotopic (exact) mass is 363 g/mol. The van der Waals surface area contributed by atoms with Gasteiger partial charge in [-0.3, -0.25) is 4.98 Å². The SMILES string of the molecule is CC12CCC3c4ccc(O)cc4CCC3C1CC(Cc1cccnc1)C2O. The summed E-state index contributed by atoms with van der Waals surface area (Å²) in [5, 5.41) is 21.1. The van der Waals surface area contributed by atoms with Gasteiger partial charge in [0.25, 0.3) is 0 Å². The fourth-order valence-electron chi connectivity index (χ4n) is 6.74. The fraction of sp³-hybridized carbons (Fsp3) is 0.542. The summed E-state index contributed by atoms with van der Waals surface area (Å²) in [6.45, 7) is 2.34. The molecular weight excluding hydrogens is 334 g/mol. The van der Waals surface area contributed by atoms with Crippen molar-refractivity contribution >= 4 is 0 Å². The highest BCUT2D eigenvalue weighted by molar-refractivity contribution is 5.40. The van der Waals surface area contributed by atoms with Crippen LogP contribution in [0.25, 0.3) is 0 Å². The van der Waals surface area contributed by atoms with E-state index in [0.717, 1.165) is 32.1 Å². The van der Waals surface area contributed by atoms with Gasteiger partial charge in [0.1, 0.15) is 5.75 Å². The smallest absolute Gasteiger partial charge is 0.115 e. The van der Waals surface area contributed by atoms with Gasteiger partial charge in [0.05, 0.1) is 6.10 Å². The number of aromatic hydroxyl groups is 1. The van der Waals surface area contributed by atoms with Gasteiger partial charge in [-0.25, -0.2) is 0 Å². The number of hydrogen-bond acceptors (Lipinski definition) is 3. The molecule has 0 bridgehead atoms. The number of benzene rings is 1. The molecule has 3 aliphatic rings. The van der Waals surface area contributed by atoms with E-state index >= 15 is 0 Å². The van der Waals surface area contributed by atoms with E-state index in [0.29, 0.717) is 29.4 Å². The van der Waals surface area contributed by atoms with Crippen LogP contribution in [0.2, 0.25) is 0 Å².